The maximum absolute atomic E-state index is 12.8. The van der Waals surface area contributed by atoms with E-state index in [-0.39, 0.29) is 11.7 Å². The van der Waals surface area contributed by atoms with Gasteiger partial charge in [-0.1, -0.05) is 34.2 Å². The molecular formula is C17H19ClN4O2S. The number of amides is 1. The number of aromatic nitrogens is 2. The summed E-state index contributed by atoms with van der Waals surface area (Å²) in [7, 11) is 4.01. The molecule has 8 heteroatoms. The zero-order chi connectivity index (χ0) is 18.0. The van der Waals surface area contributed by atoms with E-state index in [1.165, 1.54) is 17.5 Å². The van der Waals surface area contributed by atoms with Crippen LogP contribution in [-0.4, -0.2) is 48.1 Å². The Kier molecular flexibility index (Phi) is 5.36. The summed E-state index contributed by atoms with van der Waals surface area (Å²) in [6, 6.07) is 5.35. The average molecular weight is 379 g/mol. The second kappa shape index (κ2) is 7.51. The van der Waals surface area contributed by atoms with Crippen molar-refractivity contribution in [2.75, 3.05) is 32.1 Å². The predicted molar refractivity (Wildman–Crippen MR) is 101 cm³/mol. The molecule has 1 aromatic carbocycles. The first-order valence-corrected chi connectivity index (χ1v) is 9.09. The van der Waals surface area contributed by atoms with Gasteiger partial charge in [-0.15, -0.1) is 0 Å². The molecule has 0 spiro atoms. The van der Waals surface area contributed by atoms with Crippen molar-refractivity contribution >= 4 is 44.2 Å². The predicted octanol–water partition coefficient (Wildman–Crippen LogP) is 3.84. The van der Waals surface area contributed by atoms with Gasteiger partial charge in [-0.25, -0.2) is 4.98 Å². The molecular weight excluding hydrogens is 360 g/mol. The number of nitrogens with zero attached hydrogens (tertiary/aromatic N) is 4. The average Bonchev–Trinajstić information content (AvgIpc) is 3.24. The van der Waals surface area contributed by atoms with E-state index in [9.17, 15) is 4.79 Å². The lowest BCUT2D eigenvalue weighted by Crippen LogP contribution is -2.33. The minimum atomic E-state index is -0.246. The number of anilines is 1. The molecule has 0 N–H and O–H groups in total. The summed E-state index contributed by atoms with van der Waals surface area (Å²) in [6.07, 6.45) is 2.28. The van der Waals surface area contributed by atoms with Gasteiger partial charge >= 0.3 is 0 Å². The highest BCUT2D eigenvalue weighted by molar-refractivity contribution is 7.23. The molecule has 3 aromatic rings. The summed E-state index contributed by atoms with van der Waals surface area (Å²) in [4.78, 5) is 21.2. The van der Waals surface area contributed by atoms with Crippen molar-refractivity contribution in [2.24, 2.45) is 0 Å². The fraction of sp³-hybridized carbons (Fsp3) is 0.353. The van der Waals surface area contributed by atoms with Crippen LogP contribution < -0.4 is 4.90 Å². The van der Waals surface area contributed by atoms with Crippen LogP contribution in [0.3, 0.4) is 0 Å². The molecule has 0 atom stereocenters. The Morgan fingerprint density at radius 2 is 2.08 bits per heavy atom. The largest absolute Gasteiger partial charge is 0.351 e. The topological polar surface area (TPSA) is 62.5 Å². The second-order valence-corrected chi connectivity index (χ2v) is 7.41. The standard InChI is InChI=1S/C17H19ClN4O2S/c1-11-5-6-12(18)15-14(11)20-17(25-15)22(10-4-9-21(2)3)16(23)13-7-8-19-24-13/h5-8H,4,9-10H2,1-3H3. The fourth-order valence-electron chi connectivity index (χ4n) is 2.49. The molecule has 0 saturated carbocycles. The van der Waals surface area contributed by atoms with Crippen molar-refractivity contribution in [2.45, 2.75) is 13.3 Å². The molecule has 2 aromatic heterocycles. The van der Waals surface area contributed by atoms with Crippen LogP contribution in [0.5, 0.6) is 0 Å². The molecule has 25 heavy (non-hydrogen) atoms. The third-order valence-corrected chi connectivity index (χ3v) is 5.34. The second-order valence-electron chi connectivity index (χ2n) is 6.03. The molecule has 0 radical (unpaired) electrons. The molecule has 6 nitrogen and oxygen atoms in total. The molecule has 3 rings (SSSR count). The highest BCUT2D eigenvalue weighted by atomic mass is 35.5. The van der Waals surface area contributed by atoms with E-state index < -0.39 is 0 Å². The zero-order valence-corrected chi connectivity index (χ0v) is 15.9. The first kappa shape index (κ1) is 17.8. The molecule has 2 heterocycles. The van der Waals surface area contributed by atoms with Gasteiger partial charge in [-0.3, -0.25) is 9.69 Å². The molecule has 0 bridgehead atoms. The van der Waals surface area contributed by atoms with E-state index in [1.807, 2.05) is 33.2 Å². The molecule has 132 valence electrons. The van der Waals surface area contributed by atoms with Crippen LogP contribution in [0.4, 0.5) is 5.13 Å². The van der Waals surface area contributed by atoms with Gasteiger partial charge in [0.15, 0.2) is 5.13 Å². The SMILES string of the molecule is Cc1ccc(Cl)c2sc(N(CCCN(C)C)C(=O)c3ccno3)nc12. The number of hydrogen-bond donors (Lipinski definition) is 0. The summed E-state index contributed by atoms with van der Waals surface area (Å²) in [5.41, 5.74) is 1.86. The Hall–Kier alpha value is -1.96. The first-order valence-electron chi connectivity index (χ1n) is 7.90. The number of carbonyl (C=O) groups excluding carboxylic acids is 1. The molecule has 1 amide bonds. The van der Waals surface area contributed by atoms with Crippen molar-refractivity contribution in [3.8, 4) is 0 Å². The first-order chi connectivity index (χ1) is 12.0. The molecule has 0 saturated heterocycles. The van der Waals surface area contributed by atoms with Crippen molar-refractivity contribution in [1.29, 1.82) is 0 Å². The summed E-state index contributed by atoms with van der Waals surface area (Å²) >= 11 is 7.72. The fourth-order valence-corrected chi connectivity index (χ4v) is 3.84. The van der Waals surface area contributed by atoms with Gasteiger partial charge in [0, 0.05) is 12.6 Å². The number of carbonyl (C=O) groups is 1. The van der Waals surface area contributed by atoms with Gasteiger partial charge in [-0.2, -0.15) is 0 Å². The molecule has 0 aliphatic carbocycles. The van der Waals surface area contributed by atoms with Gasteiger partial charge in [-0.05, 0) is 45.6 Å². The summed E-state index contributed by atoms with van der Waals surface area (Å²) < 4.78 is 5.93. The van der Waals surface area contributed by atoms with E-state index in [2.05, 4.69) is 15.0 Å². The summed E-state index contributed by atoms with van der Waals surface area (Å²) in [5, 5.41) is 4.89. The van der Waals surface area contributed by atoms with Crippen LogP contribution in [0.25, 0.3) is 10.2 Å². The third kappa shape index (κ3) is 3.84. The van der Waals surface area contributed by atoms with Crippen LogP contribution in [0, 0.1) is 6.92 Å². The van der Waals surface area contributed by atoms with Gasteiger partial charge < -0.3 is 9.42 Å². The number of rotatable bonds is 6. The minimum absolute atomic E-state index is 0.201. The lowest BCUT2D eigenvalue weighted by atomic mass is 10.2. The normalized spacial score (nSPS) is 11.4. The van der Waals surface area contributed by atoms with E-state index in [0.717, 1.165) is 28.7 Å². The third-order valence-electron chi connectivity index (χ3n) is 3.80. The minimum Gasteiger partial charge on any atom is -0.351 e. The smallest absolute Gasteiger partial charge is 0.298 e. The van der Waals surface area contributed by atoms with Crippen molar-refractivity contribution < 1.29 is 9.32 Å². The Bertz CT molecular complexity index is 837. The maximum Gasteiger partial charge on any atom is 0.298 e. The summed E-state index contributed by atoms with van der Waals surface area (Å²) in [6.45, 7) is 3.38. The lowest BCUT2D eigenvalue weighted by Gasteiger charge is -2.19. The molecule has 0 aliphatic rings. The van der Waals surface area contributed by atoms with E-state index in [1.54, 1.807) is 11.0 Å². The number of thiazole rings is 1. The Morgan fingerprint density at radius 3 is 2.72 bits per heavy atom. The van der Waals surface area contributed by atoms with Crippen LogP contribution in [0.15, 0.2) is 28.9 Å². The van der Waals surface area contributed by atoms with Crippen molar-refractivity contribution in [3.05, 3.63) is 40.7 Å². The number of benzene rings is 1. The van der Waals surface area contributed by atoms with Crippen molar-refractivity contribution in [1.82, 2.24) is 15.0 Å². The van der Waals surface area contributed by atoms with E-state index >= 15 is 0 Å². The lowest BCUT2D eigenvalue weighted by molar-refractivity contribution is 0.0950. The Labute approximate surface area is 155 Å². The van der Waals surface area contributed by atoms with Crippen LogP contribution in [0.2, 0.25) is 5.02 Å². The van der Waals surface area contributed by atoms with Crippen LogP contribution >= 0.6 is 22.9 Å². The van der Waals surface area contributed by atoms with E-state index in [0.29, 0.717) is 16.7 Å². The van der Waals surface area contributed by atoms with Gasteiger partial charge in [0.1, 0.15) is 0 Å². The monoisotopic (exact) mass is 378 g/mol. The van der Waals surface area contributed by atoms with Crippen LogP contribution in [0.1, 0.15) is 22.5 Å². The molecule has 0 fully saturated rings. The molecule has 0 unspecified atom stereocenters. The van der Waals surface area contributed by atoms with Crippen LogP contribution in [-0.2, 0) is 0 Å². The highest BCUT2D eigenvalue weighted by Crippen LogP contribution is 2.36. The number of aryl methyl sites for hydroxylation is 1. The number of halogens is 1. The zero-order valence-electron chi connectivity index (χ0n) is 14.3. The Balaban J connectivity index is 1.97. The number of hydrogen-bond acceptors (Lipinski definition) is 6. The summed E-state index contributed by atoms with van der Waals surface area (Å²) in [5.74, 6) is -0.0454. The molecule has 0 aliphatic heterocycles. The quantitative estimate of drug-likeness (QED) is 0.652. The van der Waals surface area contributed by atoms with E-state index in [4.69, 9.17) is 16.1 Å². The maximum atomic E-state index is 12.8. The number of fused-ring (bicyclic) bond motifs is 1. The van der Waals surface area contributed by atoms with Gasteiger partial charge in [0.05, 0.1) is 21.4 Å². The Morgan fingerprint density at radius 1 is 1.28 bits per heavy atom. The van der Waals surface area contributed by atoms with Gasteiger partial charge in [0.25, 0.3) is 5.91 Å². The highest BCUT2D eigenvalue weighted by Gasteiger charge is 2.24. The van der Waals surface area contributed by atoms with Crippen molar-refractivity contribution in [3.63, 3.8) is 0 Å². The van der Waals surface area contributed by atoms with Gasteiger partial charge in [0.2, 0.25) is 5.76 Å².